The molecule has 0 aromatic heterocycles. The summed E-state index contributed by atoms with van der Waals surface area (Å²) in [6.07, 6.45) is 27.3. The Morgan fingerprint density at radius 1 is 0.514 bits per heavy atom. The molecule has 0 N–H and O–H groups in total. The summed E-state index contributed by atoms with van der Waals surface area (Å²) in [6, 6.07) is 0. The monoisotopic (exact) mass is 498 g/mol. The molecule has 0 bridgehead atoms. The molecule has 0 heterocycles. The van der Waals surface area contributed by atoms with Gasteiger partial charge < -0.3 is 14.2 Å². The van der Waals surface area contributed by atoms with E-state index in [1.165, 1.54) is 109 Å². The average Bonchev–Trinajstić information content (AvgIpc) is 2.86. The summed E-state index contributed by atoms with van der Waals surface area (Å²) in [5.74, 6) is -0.0900. The molecule has 0 aromatic rings. The maximum Gasteiger partial charge on any atom is 0.305 e. The summed E-state index contributed by atoms with van der Waals surface area (Å²) in [7, 11) is 0. The zero-order chi connectivity index (χ0) is 25.7. The van der Waals surface area contributed by atoms with Crippen LogP contribution in [0.3, 0.4) is 0 Å². The van der Waals surface area contributed by atoms with Crippen molar-refractivity contribution in [2.45, 2.75) is 168 Å². The highest BCUT2D eigenvalue weighted by atomic mass is 16.6. The second-order valence-corrected chi connectivity index (χ2v) is 10.4. The number of carbonyl (C=O) groups is 1. The molecule has 0 aromatic carbocycles. The van der Waals surface area contributed by atoms with E-state index in [0.29, 0.717) is 26.2 Å². The highest BCUT2D eigenvalue weighted by molar-refractivity contribution is 5.69. The number of unbranched alkanes of at least 4 members (excludes halogenated alkanes) is 18. The Kier molecular flexibility index (Phi) is 29.1. The second kappa shape index (κ2) is 29.6. The highest BCUT2D eigenvalue weighted by Gasteiger charge is 2.13. The minimum absolute atomic E-state index is 0.0900. The lowest BCUT2D eigenvalue weighted by molar-refractivity contribution is -0.150. The largest absolute Gasteiger partial charge is 0.463 e. The van der Waals surface area contributed by atoms with E-state index in [-0.39, 0.29) is 12.1 Å². The lowest BCUT2D eigenvalue weighted by atomic mass is 10.0. The Morgan fingerprint density at radius 2 is 0.943 bits per heavy atom. The van der Waals surface area contributed by atoms with Crippen LogP contribution in [0.15, 0.2) is 0 Å². The molecule has 0 radical (unpaired) electrons. The number of esters is 1. The van der Waals surface area contributed by atoms with Crippen LogP contribution in [0.5, 0.6) is 0 Å². The summed E-state index contributed by atoms with van der Waals surface area (Å²) in [5, 5.41) is 0. The Hall–Kier alpha value is -0.610. The van der Waals surface area contributed by atoms with E-state index >= 15 is 0 Å². The van der Waals surface area contributed by atoms with E-state index < -0.39 is 0 Å². The van der Waals surface area contributed by atoms with Crippen molar-refractivity contribution in [3.8, 4) is 0 Å². The molecule has 0 saturated heterocycles. The molecule has 1 unspecified atom stereocenters. The third-order valence-corrected chi connectivity index (χ3v) is 6.71. The van der Waals surface area contributed by atoms with Gasteiger partial charge in [0.2, 0.25) is 0 Å². The molecule has 4 nitrogen and oxygen atoms in total. The molecular weight excluding hydrogens is 436 g/mol. The molecule has 210 valence electrons. The van der Waals surface area contributed by atoms with E-state index in [1.54, 1.807) is 0 Å². The number of ether oxygens (including phenoxy) is 3. The van der Waals surface area contributed by atoms with Gasteiger partial charge in [-0.1, -0.05) is 136 Å². The van der Waals surface area contributed by atoms with Gasteiger partial charge in [-0.15, -0.1) is 0 Å². The number of hydrogen-bond acceptors (Lipinski definition) is 4. The summed E-state index contributed by atoms with van der Waals surface area (Å²) >= 11 is 0. The summed E-state index contributed by atoms with van der Waals surface area (Å²) in [4.78, 5) is 12.2. The van der Waals surface area contributed by atoms with Gasteiger partial charge in [0.1, 0.15) is 12.7 Å². The third kappa shape index (κ3) is 27.8. The van der Waals surface area contributed by atoms with Crippen molar-refractivity contribution in [2.75, 3.05) is 26.4 Å². The molecule has 1 atom stereocenters. The quantitative estimate of drug-likeness (QED) is 0.0760. The lowest BCUT2D eigenvalue weighted by Gasteiger charge is -2.18. The smallest absolute Gasteiger partial charge is 0.305 e. The molecule has 0 saturated carbocycles. The van der Waals surface area contributed by atoms with Crippen LogP contribution in [0, 0.1) is 0 Å². The molecule has 0 amide bonds. The summed E-state index contributed by atoms with van der Waals surface area (Å²) in [5.41, 5.74) is 0. The lowest BCUT2D eigenvalue weighted by Crippen LogP contribution is -2.28. The maximum absolute atomic E-state index is 12.2. The van der Waals surface area contributed by atoms with Crippen molar-refractivity contribution in [3.63, 3.8) is 0 Å². The van der Waals surface area contributed by atoms with Gasteiger partial charge in [0.05, 0.1) is 6.61 Å². The molecule has 0 aliphatic carbocycles. The second-order valence-electron chi connectivity index (χ2n) is 10.4. The fourth-order valence-corrected chi connectivity index (χ4v) is 4.31. The Labute approximate surface area is 219 Å². The SMILES string of the molecule is CCCCCCCCCCCCCCCCCC(=O)OCC(COCCCCC)OCCCCC. The van der Waals surface area contributed by atoms with Crippen LogP contribution >= 0.6 is 0 Å². The number of hydrogen-bond donors (Lipinski definition) is 0. The van der Waals surface area contributed by atoms with E-state index in [1.807, 2.05) is 0 Å². The highest BCUT2D eigenvalue weighted by Crippen LogP contribution is 2.14. The van der Waals surface area contributed by atoms with Crippen molar-refractivity contribution in [2.24, 2.45) is 0 Å². The Bertz CT molecular complexity index is 413. The van der Waals surface area contributed by atoms with Crippen LogP contribution in [0.4, 0.5) is 0 Å². The summed E-state index contributed by atoms with van der Waals surface area (Å²) < 4.78 is 17.2. The van der Waals surface area contributed by atoms with Gasteiger partial charge in [-0.05, 0) is 19.3 Å². The first kappa shape index (κ1) is 34.4. The fraction of sp³-hybridized carbons (Fsp3) is 0.968. The van der Waals surface area contributed by atoms with Gasteiger partial charge in [0.25, 0.3) is 0 Å². The Balaban J connectivity index is 3.63. The van der Waals surface area contributed by atoms with E-state index in [9.17, 15) is 4.79 Å². The minimum Gasteiger partial charge on any atom is -0.463 e. The number of rotatable bonds is 29. The van der Waals surface area contributed by atoms with E-state index in [2.05, 4.69) is 20.8 Å². The zero-order valence-corrected chi connectivity index (χ0v) is 24.1. The zero-order valence-electron chi connectivity index (χ0n) is 24.1. The molecule has 0 aliphatic rings. The topological polar surface area (TPSA) is 44.8 Å². The predicted octanol–water partition coefficient (Wildman–Crippen LogP) is 9.57. The first-order chi connectivity index (χ1) is 17.2. The molecule has 35 heavy (non-hydrogen) atoms. The molecule has 0 fully saturated rings. The molecular formula is C31H62O4. The fourth-order valence-electron chi connectivity index (χ4n) is 4.31. The molecule has 0 rings (SSSR count). The van der Waals surface area contributed by atoms with Gasteiger partial charge in [-0.2, -0.15) is 0 Å². The van der Waals surface area contributed by atoms with Crippen LogP contribution in [0.2, 0.25) is 0 Å². The molecule has 0 spiro atoms. The van der Waals surface area contributed by atoms with Crippen molar-refractivity contribution in [1.82, 2.24) is 0 Å². The van der Waals surface area contributed by atoms with Gasteiger partial charge in [0.15, 0.2) is 0 Å². The van der Waals surface area contributed by atoms with E-state index in [0.717, 1.165) is 32.3 Å². The molecule has 0 aliphatic heterocycles. The maximum atomic E-state index is 12.2. The van der Waals surface area contributed by atoms with Gasteiger partial charge in [-0.3, -0.25) is 4.79 Å². The van der Waals surface area contributed by atoms with Gasteiger partial charge >= 0.3 is 5.97 Å². The molecule has 4 heteroatoms. The standard InChI is InChI=1S/C31H62O4/c1-4-7-10-11-12-13-14-15-16-17-18-19-20-21-22-25-31(32)35-29-30(34-27-24-9-6-3)28-33-26-23-8-5-2/h30H,4-29H2,1-3H3. The van der Waals surface area contributed by atoms with Crippen molar-refractivity contribution < 1.29 is 19.0 Å². The third-order valence-electron chi connectivity index (χ3n) is 6.71. The van der Waals surface area contributed by atoms with Crippen LogP contribution < -0.4 is 0 Å². The van der Waals surface area contributed by atoms with Crippen LogP contribution in [0.1, 0.15) is 162 Å². The summed E-state index contributed by atoms with van der Waals surface area (Å²) in [6.45, 7) is 8.97. The predicted molar refractivity (Wildman–Crippen MR) is 150 cm³/mol. The minimum atomic E-state index is -0.140. The number of carbonyl (C=O) groups excluding carboxylic acids is 1. The average molecular weight is 499 g/mol. The van der Waals surface area contributed by atoms with E-state index in [4.69, 9.17) is 14.2 Å². The van der Waals surface area contributed by atoms with Crippen LogP contribution in [-0.4, -0.2) is 38.5 Å². The van der Waals surface area contributed by atoms with Gasteiger partial charge in [-0.25, -0.2) is 0 Å². The van der Waals surface area contributed by atoms with Crippen LogP contribution in [0.25, 0.3) is 0 Å². The Morgan fingerprint density at radius 3 is 1.46 bits per heavy atom. The van der Waals surface area contributed by atoms with Crippen molar-refractivity contribution in [3.05, 3.63) is 0 Å². The van der Waals surface area contributed by atoms with Crippen LogP contribution in [-0.2, 0) is 19.0 Å². The van der Waals surface area contributed by atoms with Crippen molar-refractivity contribution >= 4 is 5.97 Å². The normalized spacial score (nSPS) is 12.2. The first-order valence-electron chi connectivity index (χ1n) is 15.6. The first-order valence-corrected chi connectivity index (χ1v) is 15.6. The van der Waals surface area contributed by atoms with Crippen molar-refractivity contribution in [1.29, 1.82) is 0 Å². The van der Waals surface area contributed by atoms with Gasteiger partial charge in [0, 0.05) is 19.6 Å².